The molecule has 0 aliphatic heterocycles. The third-order valence-corrected chi connectivity index (χ3v) is 1.64. The molecule has 0 aromatic carbocycles. The molecule has 0 saturated heterocycles. The smallest absolute Gasteiger partial charge is 0.0473 e. The third kappa shape index (κ3) is 3.49. The average molecular weight is 131 g/mol. The van der Waals surface area contributed by atoms with Crippen molar-refractivity contribution in [3.63, 3.8) is 0 Å². The summed E-state index contributed by atoms with van der Waals surface area (Å²) in [4.78, 5) is 0. The Morgan fingerprint density at radius 1 is 1.56 bits per heavy atom. The van der Waals surface area contributed by atoms with Crippen LogP contribution in [-0.2, 0) is 0 Å². The second-order valence-electron chi connectivity index (χ2n) is 2.59. The molecule has 0 spiro atoms. The van der Waals surface area contributed by atoms with Crippen molar-refractivity contribution in [2.24, 2.45) is 11.7 Å². The van der Waals surface area contributed by atoms with E-state index in [1.54, 1.807) is 0 Å². The number of hydrogen-bond acceptors (Lipinski definition) is 2. The zero-order valence-corrected chi connectivity index (χ0v) is 6.30. The van der Waals surface area contributed by atoms with Crippen LogP contribution in [0, 0.1) is 5.92 Å². The molecule has 0 saturated carbocycles. The molecule has 2 heteroatoms. The molecule has 0 radical (unpaired) electrons. The second-order valence-corrected chi connectivity index (χ2v) is 2.59. The minimum absolute atomic E-state index is 0.134. The molecule has 0 bridgehead atoms. The van der Waals surface area contributed by atoms with Gasteiger partial charge in [0.25, 0.3) is 0 Å². The van der Waals surface area contributed by atoms with Crippen molar-refractivity contribution in [2.45, 2.75) is 32.7 Å². The highest BCUT2D eigenvalue weighted by Gasteiger charge is 2.09. The Bertz CT molecular complexity index is 63.9. The largest absolute Gasteiger partial charge is 0.396 e. The van der Waals surface area contributed by atoms with Crippen LogP contribution < -0.4 is 5.73 Å². The van der Waals surface area contributed by atoms with E-state index in [0.29, 0.717) is 5.92 Å². The van der Waals surface area contributed by atoms with Gasteiger partial charge in [-0.3, -0.25) is 0 Å². The predicted molar refractivity (Wildman–Crippen MR) is 39.1 cm³/mol. The van der Waals surface area contributed by atoms with Gasteiger partial charge in [0.15, 0.2) is 0 Å². The first-order chi connectivity index (χ1) is 4.22. The SMILES string of the molecule is CCCC(CO)C(C)N. The Morgan fingerprint density at radius 3 is 2.22 bits per heavy atom. The molecule has 0 aliphatic carbocycles. The molecular weight excluding hydrogens is 114 g/mol. The van der Waals surface area contributed by atoms with Gasteiger partial charge in [-0.15, -0.1) is 0 Å². The van der Waals surface area contributed by atoms with E-state index in [0.717, 1.165) is 12.8 Å². The Balaban J connectivity index is 3.41. The van der Waals surface area contributed by atoms with Gasteiger partial charge in [0.2, 0.25) is 0 Å². The summed E-state index contributed by atoms with van der Waals surface area (Å²) in [6.45, 7) is 4.27. The van der Waals surface area contributed by atoms with Gasteiger partial charge < -0.3 is 10.8 Å². The minimum atomic E-state index is 0.134. The lowest BCUT2D eigenvalue weighted by Gasteiger charge is -2.16. The lowest BCUT2D eigenvalue weighted by Crippen LogP contribution is -2.28. The summed E-state index contributed by atoms with van der Waals surface area (Å²) in [7, 11) is 0. The maximum atomic E-state index is 8.75. The van der Waals surface area contributed by atoms with Gasteiger partial charge in [-0.2, -0.15) is 0 Å². The van der Waals surface area contributed by atoms with Crippen molar-refractivity contribution in [1.82, 2.24) is 0 Å². The fourth-order valence-corrected chi connectivity index (χ4v) is 0.891. The molecule has 0 aromatic rings. The van der Waals surface area contributed by atoms with E-state index < -0.39 is 0 Å². The molecule has 9 heavy (non-hydrogen) atoms. The number of rotatable bonds is 4. The standard InChI is InChI=1S/C7H17NO/c1-3-4-7(5-9)6(2)8/h6-7,9H,3-5,8H2,1-2H3. The highest BCUT2D eigenvalue weighted by molar-refractivity contribution is 4.66. The Kier molecular flexibility index (Phi) is 4.72. The van der Waals surface area contributed by atoms with Crippen molar-refractivity contribution in [1.29, 1.82) is 0 Å². The van der Waals surface area contributed by atoms with E-state index in [9.17, 15) is 0 Å². The average Bonchev–Trinajstić information content (AvgIpc) is 1.82. The van der Waals surface area contributed by atoms with Gasteiger partial charge in [0, 0.05) is 12.6 Å². The van der Waals surface area contributed by atoms with Crippen LogP contribution in [0.4, 0.5) is 0 Å². The first-order valence-electron chi connectivity index (χ1n) is 3.58. The molecule has 56 valence electrons. The third-order valence-electron chi connectivity index (χ3n) is 1.64. The zero-order chi connectivity index (χ0) is 7.28. The molecular formula is C7H17NO. The Hall–Kier alpha value is -0.0800. The molecule has 0 amide bonds. The van der Waals surface area contributed by atoms with Crippen LogP contribution in [0.5, 0.6) is 0 Å². The number of hydrogen-bond donors (Lipinski definition) is 2. The van der Waals surface area contributed by atoms with Crippen molar-refractivity contribution < 1.29 is 5.11 Å². The molecule has 0 rings (SSSR count). The maximum absolute atomic E-state index is 8.75. The molecule has 0 aromatic heterocycles. The van der Waals surface area contributed by atoms with Crippen LogP contribution in [0.1, 0.15) is 26.7 Å². The zero-order valence-electron chi connectivity index (χ0n) is 6.30. The summed E-state index contributed by atoms with van der Waals surface area (Å²) in [6, 6.07) is 0.134. The van der Waals surface area contributed by atoms with Gasteiger partial charge in [-0.05, 0) is 19.3 Å². The van der Waals surface area contributed by atoms with Crippen molar-refractivity contribution in [2.75, 3.05) is 6.61 Å². The highest BCUT2D eigenvalue weighted by atomic mass is 16.3. The summed E-state index contributed by atoms with van der Waals surface area (Å²) >= 11 is 0. The first-order valence-corrected chi connectivity index (χ1v) is 3.58. The fourth-order valence-electron chi connectivity index (χ4n) is 0.891. The predicted octanol–water partition coefficient (Wildman–Crippen LogP) is 0.742. The van der Waals surface area contributed by atoms with E-state index in [2.05, 4.69) is 6.92 Å². The van der Waals surface area contributed by atoms with Crippen molar-refractivity contribution >= 4 is 0 Å². The van der Waals surface area contributed by atoms with Crippen LogP contribution >= 0.6 is 0 Å². The normalized spacial score (nSPS) is 17.3. The van der Waals surface area contributed by atoms with Gasteiger partial charge >= 0.3 is 0 Å². The van der Waals surface area contributed by atoms with E-state index in [4.69, 9.17) is 10.8 Å². The van der Waals surface area contributed by atoms with Crippen LogP contribution in [0.3, 0.4) is 0 Å². The van der Waals surface area contributed by atoms with Crippen LogP contribution in [-0.4, -0.2) is 17.8 Å². The monoisotopic (exact) mass is 131 g/mol. The minimum Gasteiger partial charge on any atom is -0.396 e. The first kappa shape index (κ1) is 8.92. The molecule has 0 heterocycles. The molecule has 2 unspecified atom stereocenters. The Labute approximate surface area is 57.1 Å². The van der Waals surface area contributed by atoms with E-state index >= 15 is 0 Å². The lowest BCUT2D eigenvalue weighted by molar-refractivity contribution is 0.200. The van der Waals surface area contributed by atoms with Gasteiger partial charge in [-0.1, -0.05) is 13.3 Å². The van der Waals surface area contributed by atoms with Crippen molar-refractivity contribution in [3.05, 3.63) is 0 Å². The Morgan fingerprint density at radius 2 is 2.11 bits per heavy atom. The van der Waals surface area contributed by atoms with Gasteiger partial charge in [-0.25, -0.2) is 0 Å². The summed E-state index contributed by atoms with van der Waals surface area (Å²) in [5, 5.41) is 8.75. The van der Waals surface area contributed by atoms with E-state index in [-0.39, 0.29) is 12.6 Å². The number of aliphatic hydroxyl groups is 1. The summed E-state index contributed by atoms with van der Waals surface area (Å²) < 4.78 is 0. The second kappa shape index (κ2) is 4.77. The number of nitrogens with two attached hydrogens (primary N) is 1. The number of aliphatic hydroxyl groups excluding tert-OH is 1. The van der Waals surface area contributed by atoms with Gasteiger partial charge in [0.1, 0.15) is 0 Å². The van der Waals surface area contributed by atoms with Crippen LogP contribution in [0.2, 0.25) is 0 Å². The van der Waals surface area contributed by atoms with Gasteiger partial charge in [0.05, 0.1) is 0 Å². The molecule has 0 aliphatic rings. The van der Waals surface area contributed by atoms with Crippen molar-refractivity contribution in [3.8, 4) is 0 Å². The van der Waals surface area contributed by atoms with Crippen LogP contribution in [0.25, 0.3) is 0 Å². The molecule has 3 N–H and O–H groups in total. The topological polar surface area (TPSA) is 46.2 Å². The van der Waals surface area contributed by atoms with E-state index in [1.807, 2.05) is 6.92 Å². The fraction of sp³-hybridized carbons (Fsp3) is 1.00. The lowest BCUT2D eigenvalue weighted by atomic mass is 9.98. The summed E-state index contributed by atoms with van der Waals surface area (Å²) in [6.07, 6.45) is 2.14. The summed E-state index contributed by atoms with van der Waals surface area (Å²) in [5.41, 5.74) is 5.57. The van der Waals surface area contributed by atoms with Crippen LogP contribution in [0.15, 0.2) is 0 Å². The van der Waals surface area contributed by atoms with E-state index in [1.165, 1.54) is 0 Å². The molecule has 2 atom stereocenters. The quantitative estimate of drug-likeness (QED) is 0.591. The maximum Gasteiger partial charge on any atom is 0.0473 e. The summed E-state index contributed by atoms with van der Waals surface area (Å²) in [5.74, 6) is 0.301. The molecule has 2 nitrogen and oxygen atoms in total. The molecule has 0 fully saturated rings. The highest BCUT2D eigenvalue weighted by Crippen LogP contribution is 2.07.